The molecule has 3 N–H and O–H groups in total. The molecule has 0 atom stereocenters. The smallest absolute Gasteiger partial charge is 0.329 e. The zero-order valence-corrected chi connectivity index (χ0v) is 19.9. The summed E-state index contributed by atoms with van der Waals surface area (Å²) in [5.41, 5.74) is 6.35. The molecule has 0 fully saturated rings. The van der Waals surface area contributed by atoms with Crippen LogP contribution in [-0.4, -0.2) is 30.5 Å². The van der Waals surface area contributed by atoms with Gasteiger partial charge in [-0.25, -0.2) is 5.43 Å². The minimum Gasteiger partial charge on any atom is -0.484 e. The average Bonchev–Trinajstić information content (AvgIpc) is 2.85. The van der Waals surface area contributed by atoms with E-state index in [9.17, 15) is 14.4 Å². The molecule has 0 unspecified atom stereocenters. The number of amides is 3. The van der Waals surface area contributed by atoms with Gasteiger partial charge in [0.15, 0.2) is 6.61 Å². The Balaban J connectivity index is 1.42. The van der Waals surface area contributed by atoms with Gasteiger partial charge in [-0.2, -0.15) is 5.10 Å². The van der Waals surface area contributed by atoms with Crippen molar-refractivity contribution in [1.82, 2.24) is 5.43 Å². The predicted octanol–water partition coefficient (Wildman–Crippen LogP) is 4.22. The average molecular weight is 473 g/mol. The molecule has 0 aliphatic rings. The third kappa shape index (κ3) is 8.12. The van der Waals surface area contributed by atoms with E-state index in [1.54, 1.807) is 36.4 Å². The first-order valence-electron chi connectivity index (χ1n) is 11.1. The highest BCUT2D eigenvalue weighted by Crippen LogP contribution is 2.17. The lowest BCUT2D eigenvalue weighted by Gasteiger charge is -2.08. The van der Waals surface area contributed by atoms with E-state index < -0.39 is 11.8 Å². The number of rotatable bonds is 8. The molecular formula is C27H28N4O4. The zero-order chi connectivity index (χ0) is 25.2. The van der Waals surface area contributed by atoms with Crippen LogP contribution in [0.1, 0.15) is 36.5 Å². The van der Waals surface area contributed by atoms with Gasteiger partial charge in [0.25, 0.3) is 5.91 Å². The van der Waals surface area contributed by atoms with E-state index in [1.165, 1.54) is 6.21 Å². The van der Waals surface area contributed by atoms with Gasteiger partial charge in [0.1, 0.15) is 5.75 Å². The molecule has 3 aromatic carbocycles. The lowest BCUT2D eigenvalue weighted by molar-refractivity contribution is -0.136. The minimum absolute atomic E-state index is 0.132. The quantitative estimate of drug-likeness (QED) is 0.259. The van der Waals surface area contributed by atoms with E-state index in [1.807, 2.05) is 43.3 Å². The molecule has 35 heavy (non-hydrogen) atoms. The molecule has 0 aromatic heterocycles. The molecule has 0 aliphatic heterocycles. The van der Waals surface area contributed by atoms with Crippen LogP contribution < -0.4 is 20.8 Å². The molecule has 0 bridgehead atoms. The van der Waals surface area contributed by atoms with Gasteiger partial charge in [-0.05, 0) is 72.5 Å². The summed E-state index contributed by atoms with van der Waals surface area (Å²) in [6.45, 7) is 5.99. The fourth-order valence-corrected chi connectivity index (χ4v) is 2.99. The van der Waals surface area contributed by atoms with Crippen LogP contribution in [0.15, 0.2) is 77.9 Å². The number of nitrogens with zero attached hydrogens (tertiary/aromatic N) is 1. The van der Waals surface area contributed by atoms with Crippen LogP contribution in [0.2, 0.25) is 0 Å². The van der Waals surface area contributed by atoms with Crippen LogP contribution in [-0.2, 0) is 14.4 Å². The maximum atomic E-state index is 12.0. The Morgan fingerprint density at radius 3 is 2.06 bits per heavy atom. The van der Waals surface area contributed by atoms with Crippen LogP contribution in [0.5, 0.6) is 5.75 Å². The number of aryl methyl sites for hydroxylation is 1. The number of benzene rings is 3. The second-order valence-corrected chi connectivity index (χ2v) is 8.20. The number of anilines is 2. The van der Waals surface area contributed by atoms with E-state index in [-0.39, 0.29) is 12.5 Å². The Kier molecular flexibility index (Phi) is 8.72. The maximum Gasteiger partial charge on any atom is 0.329 e. The second kappa shape index (κ2) is 12.1. The minimum atomic E-state index is -0.881. The van der Waals surface area contributed by atoms with Crippen molar-refractivity contribution in [2.24, 2.45) is 5.10 Å². The monoisotopic (exact) mass is 472 g/mol. The summed E-state index contributed by atoms with van der Waals surface area (Å²) in [5, 5.41) is 9.10. The van der Waals surface area contributed by atoms with E-state index in [2.05, 4.69) is 35.0 Å². The van der Waals surface area contributed by atoms with Crippen LogP contribution in [0.3, 0.4) is 0 Å². The van der Waals surface area contributed by atoms with E-state index in [4.69, 9.17) is 4.74 Å². The first-order valence-corrected chi connectivity index (χ1v) is 11.1. The lowest BCUT2D eigenvalue weighted by atomic mass is 10.0. The topological polar surface area (TPSA) is 109 Å². The van der Waals surface area contributed by atoms with Crippen LogP contribution in [0.25, 0.3) is 0 Å². The molecule has 0 saturated heterocycles. The van der Waals surface area contributed by atoms with E-state index >= 15 is 0 Å². The van der Waals surface area contributed by atoms with Gasteiger partial charge in [-0.1, -0.05) is 43.7 Å². The highest BCUT2D eigenvalue weighted by molar-refractivity contribution is 6.39. The number of hydrazone groups is 1. The summed E-state index contributed by atoms with van der Waals surface area (Å²) in [6, 6.07) is 21.6. The third-order valence-corrected chi connectivity index (χ3v) is 5.01. The van der Waals surface area contributed by atoms with Crippen molar-refractivity contribution in [3.8, 4) is 5.75 Å². The van der Waals surface area contributed by atoms with Crippen molar-refractivity contribution in [2.75, 3.05) is 17.2 Å². The van der Waals surface area contributed by atoms with Crippen molar-refractivity contribution in [2.45, 2.75) is 26.7 Å². The highest BCUT2D eigenvalue weighted by Gasteiger charge is 2.13. The van der Waals surface area contributed by atoms with Gasteiger partial charge in [-0.15, -0.1) is 0 Å². The molecule has 3 amide bonds. The predicted molar refractivity (Wildman–Crippen MR) is 137 cm³/mol. The number of carbonyl (C=O) groups is 3. The van der Waals surface area contributed by atoms with Gasteiger partial charge in [0.2, 0.25) is 0 Å². The van der Waals surface area contributed by atoms with Gasteiger partial charge >= 0.3 is 11.8 Å². The zero-order valence-electron chi connectivity index (χ0n) is 19.9. The number of carbonyl (C=O) groups excluding carboxylic acids is 3. The van der Waals surface area contributed by atoms with E-state index in [0.717, 1.165) is 11.1 Å². The van der Waals surface area contributed by atoms with Crippen molar-refractivity contribution >= 4 is 35.3 Å². The number of hydrogen-bond donors (Lipinski definition) is 3. The Hall–Kier alpha value is -4.46. The van der Waals surface area contributed by atoms with Crippen molar-refractivity contribution < 1.29 is 19.1 Å². The fraction of sp³-hybridized carbons (Fsp3) is 0.185. The first kappa shape index (κ1) is 25.2. The summed E-state index contributed by atoms with van der Waals surface area (Å²) >= 11 is 0. The number of ether oxygens (including phenoxy) is 1. The summed E-state index contributed by atoms with van der Waals surface area (Å²) in [4.78, 5) is 36.0. The molecule has 3 aromatic rings. The first-order chi connectivity index (χ1) is 16.8. The molecule has 3 rings (SSSR count). The molecular weight excluding hydrogens is 444 g/mol. The van der Waals surface area contributed by atoms with Crippen LogP contribution in [0.4, 0.5) is 11.4 Å². The standard InChI is InChI=1S/C27H28N4O4/c1-18(2)21-8-12-23(13-9-21)30-26(33)27(34)31-28-16-20-6-14-24(15-7-20)35-17-25(32)29-22-10-4-19(3)5-11-22/h4-16,18H,17H2,1-3H3,(H,29,32)(H,30,33)(H,31,34)/b28-16-. The maximum absolute atomic E-state index is 12.0. The lowest BCUT2D eigenvalue weighted by Crippen LogP contribution is -2.32. The Labute approximate surface area is 204 Å². The number of hydrogen-bond acceptors (Lipinski definition) is 5. The normalized spacial score (nSPS) is 10.7. The summed E-state index contributed by atoms with van der Waals surface area (Å²) in [6.07, 6.45) is 1.40. The summed E-state index contributed by atoms with van der Waals surface area (Å²) < 4.78 is 5.49. The molecule has 8 nitrogen and oxygen atoms in total. The van der Waals surface area contributed by atoms with Crippen LogP contribution >= 0.6 is 0 Å². The van der Waals surface area contributed by atoms with Crippen LogP contribution in [0, 0.1) is 6.92 Å². The number of nitrogens with one attached hydrogen (secondary N) is 3. The SMILES string of the molecule is Cc1ccc(NC(=O)COc2ccc(/C=N\NC(=O)C(=O)Nc3ccc(C(C)C)cc3)cc2)cc1. The Bertz CT molecular complexity index is 1190. The van der Waals surface area contributed by atoms with Gasteiger partial charge < -0.3 is 15.4 Å². The van der Waals surface area contributed by atoms with Crippen molar-refractivity contribution in [3.63, 3.8) is 0 Å². The van der Waals surface area contributed by atoms with Crippen molar-refractivity contribution in [1.29, 1.82) is 0 Å². The summed E-state index contributed by atoms with van der Waals surface area (Å²) in [5.74, 6) is -1.08. The fourth-order valence-electron chi connectivity index (χ4n) is 2.99. The summed E-state index contributed by atoms with van der Waals surface area (Å²) in [7, 11) is 0. The Morgan fingerprint density at radius 2 is 1.43 bits per heavy atom. The Morgan fingerprint density at radius 1 is 0.829 bits per heavy atom. The molecule has 0 saturated carbocycles. The highest BCUT2D eigenvalue weighted by atomic mass is 16.5. The van der Waals surface area contributed by atoms with Gasteiger partial charge in [0.05, 0.1) is 6.21 Å². The molecule has 0 aliphatic carbocycles. The third-order valence-electron chi connectivity index (χ3n) is 5.01. The van der Waals surface area contributed by atoms with Gasteiger partial charge in [-0.3, -0.25) is 14.4 Å². The second-order valence-electron chi connectivity index (χ2n) is 8.20. The van der Waals surface area contributed by atoms with Crippen molar-refractivity contribution in [3.05, 3.63) is 89.5 Å². The molecule has 0 spiro atoms. The molecule has 0 radical (unpaired) electrons. The van der Waals surface area contributed by atoms with Gasteiger partial charge in [0, 0.05) is 11.4 Å². The molecule has 180 valence electrons. The molecule has 0 heterocycles. The largest absolute Gasteiger partial charge is 0.484 e. The van der Waals surface area contributed by atoms with E-state index in [0.29, 0.717) is 28.6 Å². The molecule has 8 heteroatoms.